The summed E-state index contributed by atoms with van der Waals surface area (Å²) >= 11 is 9.19. The lowest BCUT2D eigenvalue weighted by Crippen LogP contribution is -2.04. The normalized spacial score (nSPS) is 12.4. The van der Waals surface area contributed by atoms with Gasteiger partial charge in [-0.2, -0.15) is 0 Å². The molecule has 0 amide bonds. The predicted molar refractivity (Wildman–Crippen MR) is 72.0 cm³/mol. The van der Waals surface area contributed by atoms with Crippen LogP contribution >= 0.6 is 27.5 Å². The number of hydrogen-bond acceptors (Lipinski definition) is 2. The molecule has 0 fully saturated rings. The molecule has 0 saturated carbocycles. The molecule has 1 N–H and O–H groups in total. The first-order chi connectivity index (χ1) is 8.58. The summed E-state index contributed by atoms with van der Waals surface area (Å²) in [5.74, 6) is -0.412. The van der Waals surface area contributed by atoms with Crippen LogP contribution in [0.5, 0.6) is 0 Å². The fourth-order valence-electron chi connectivity index (χ4n) is 1.65. The number of nitrogens with zero attached hydrogens (tertiary/aromatic N) is 1. The molecular weight excluding hydrogens is 321 g/mol. The summed E-state index contributed by atoms with van der Waals surface area (Å²) in [6.45, 7) is 0. The summed E-state index contributed by atoms with van der Waals surface area (Å²) in [6.07, 6.45) is 2.43. The van der Waals surface area contributed by atoms with E-state index in [2.05, 4.69) is 20.9 Å². The Morgan fingerprint density at radius 3 is 2.83 bits per heavy atom. The fourth-order valence-corrected chi connectivity index (χ4v) is 2.27. The van der Waals surface area contributed by atoms with Gasteiger partial charge in [0.25, 0.3) is 0 Å². The second-order valence-corrected chi connectivity index (χ2v) is 5.18. The number of rotatable bonds is 3. The zero-order chi connectivity index (χ0) is 13.1. The fraction of sp³-hybridized carbons (Fsp3) is 0.154. The van der Waals surface area contributed by atoms with Crippen LogP contribution in [0.4, 0.5) is 4.39 Å². The first-order valence-corrected chi connectivity index (χ1v) is 6.46. The molecule has 0 radical (unpaired) electrons. The first kappa shape index (κ1) is 13.5. The van der Waals surface area contributed by atoms with Gasteiger partial charge in [0.1, 0.15) is 5.82 Å². The Kier molecular flexibility index (Phi) is 4.32. The van der Waals surface area contributed by atoms with Crippen LogP contribution in [0, 0.1) is 5.82 Å². The van der Waals surface area contributed by atoms with Crippen LogP contribution in [0.2, 0.25) is 5.02 Å². The van der Waals surface area contributed by atoms with Crippen molar-refractivity contribution < 1.29 is 9.50 Å². The van der Waals surface area contributed by atoms with Gasteiger partial charge in [-0.1, -0.05) is 17.7 Å². The Bertz CT molecular complexity index is 544. The molecule has 0 spiro atoms. The van der Waals surface area contributed by atoms with Gasteiger partial charge in [-0.05, 0) is 34.1 Å². The Morgan fingerprint density at radius 2 is 2.17 bits per heavy atom. The van der Waals surface area contributed by atoms with Crippen LogP contribution in [-0.2, 0) is 6.42 Å². The minimum Gasteiger partial charge on any atom is -0.388 e. The van der Waals surface area contributed by atoms with E-state index >= 15 is 0 Å². The molecule has 1 atom stereocenters. The van der Waals surface area contributed by atoms with Gasteiger partial charge in [0.05, 0.1) is 6.10 Å². The van der Waals surface area contributed by atoms with E-state index in [1.807, 2.05) is 0 Å². The summed E-state index contributed by atoms with van der Waals surface area (Å²) in [5.41, 5.74) is 0.926. The molecule has 1 heterocycles. The largest absolute Gasteiger partial charge is 0.388 e. The Hall–Kier alpha value is -0.970. The number of aliphatic hydroxyl groups excluding tert-OH is 1. The van der Waals surface area contributed by atoms with Crippen LogP contribution in [0.3, 0.4) is 0 Å². The molecule has 0 aliphatic rings. The maximum absolute atomic E-state index is 13.6. The molecule has 0 saturated heterocycles. The Labute approximate surface area is 118 Å². The van der Waals surface area contributed by atoms with Crippen LogP contribution in [0.25, 0.3) is 0 Å². The quantitative estimate of drug-likeness (QED) is 0.925. The molecule has 1 aromatic heterocycles. The number of aromatic nitrogens is 1. The second-order valence-electron chi connectivity index (χ2n) is 3.86. The van der Waals surface area contributed by atoms with Crippen molar-refractivity contribution in [2.45, 2.75) is 12.5 Å². The maximum Gasteiger partial charge on any atom is 0.127 e. The summed E-state index contributed by atoms with van der Waals surface area (Å²) in [5, 5.41) is 10.4. The maximum atomic E-state index is 13.6. The van der Waals surface area contributed by atoms with Crippen molar-refractivity contribution in [1.29, 1.82) is 0 Å². The molecule has 2 nitrogen and oxygen atoms in total. The molecule has 0 aliphatic carbocycles. The first-order valence-electron chi connectivity index (χ1n) is 5.29. The van der Waals surface area contributed by atoms with Gasteiger partial charge in [-0.15, -0.1) is 0 Å². The number of aliphatic hydroxyl groups is 1. The lowest BCUT2D eigenvalue weighted by atomic mass is 10.0. The van der Waals surface area contributed by atoms with E-state index < -0.39 is 11.9 Å². The predicted octanol–water partition coefficient (Wildman–Crippen LogP) is 3.91. The van der Waals surface area contributed by atoms with Crippen molar-refractivity contribution in [3.63, 3.8) is 0 Å². The van der Waals surface area contributed by atoms with Gasteiger partial charge in [-0.25, -0.2) is 4.39 Å². The van der Waals surface area contributed by atoms with Crippen molar-refractivity contribution in [3.8, 4) is 0 Å². The third-order valence-corrected chi connectivity index (χ3v) is 3.36. The van der Waals surface area contributed by atoms with E-state index in [4.69, 9.17) is 11.6 Å². The molecule has 2 aromatic rings. The van der Waals surface area contributed by atoms with Gasteiger partial charge >= 0.3 is 0 Å². The van der Waals surface area contributed by atoms with Crippen molar-refractivity contribution in [3.05, 3.63) is 63.1 Å². The van der Waals surface area contributed by atoms with Crippen LogP contribution in [0.15, 0.2) is 41.1 Å². The molecule has 5 heteroatoms. The lowest BCUT2D eigenvalue weighted by molar-refractivity contribution is 0.176. The number of pyridine rings is 1. The number of hydrogen-bond donors (Lipinski definition) is 1. The van der Waals surface area contributed by atoms with Gasteiger partial charge < -0.3 is 5.11 Å². The van der Waals surface area contributed by atoms with Crippen LogP contribution in [0.1, 0.15) is 17.2 Å². The summed E-state index contributed by atoms with van der Waals surface area (Å²) in [7, 11) is 0. The zero-order valence-corrected chi connectivity index (χ0v) is 11.6. The van der Waals surface area contributed by atoms with Crippen molar-refractivity contribution in [1.82, 2.24) is 4.98 Å². The van der Waals surface area contributed by atoms with Gasteiger partial charge in [-0.3, -0.25) is 4.98 Å². The molecule has 0 bridgehead atoms. The lowest BCUT2D eigenvalue weighted by Gasteiger charge is -2.12. The molecule has 18 heavy (non-hydrogen) atoms. The highest BCUT2D eigenvalue weighted by molar-refractivity contribution is 9.10. The Balaban J connectivity index is 2.24. The van der Waals surface area contributed by atoms with E-state index in [1.54, 1.807) is 24.5 Å². The van der Waals surface area contributed by atoms with Gasteiger partial charge in [0, 0.05) is 39.4 Å². The third-order valence-electron chi connectivity index (χ3n) is 2.57. The van der Waals surface area contributed by atoms with Crippen molar-refractivity contribution >= 4 is 27.5 Å². The van der Waals surface area contributed by atoms with Crippen molar-refractivity contribution in [2.75, 3.05) is 0 Å². The molecule has 1 unspecified atom stereocenters. The molecular formula is C13H10BrClFNO. The van der Waals surface area contributed by atoms with Gasteiger partial charge in [0.15, 0.2) is 0 Å². The number of halogens is 3. The highest BCUT2D eigenvalue weighted by Gasteiger charge is 2.14. The highest BCUT2D eigenvalue weighted by atomic mass is 79.9. The highest BCUT2D eigenvalue weighted by Crippen LogP contribution is 2.26. The van der Waals surface area contributed by atoms with Gasteiger partial charge in [0.2, 0.25) is 0 Å². The third kappa shape index (κ3) is 3.07. The topological polar surface area (TPSA) is 33.1 Å². The SMILES string of the molecule is OC(Cc1c(F)cccc1Cl)c1cncc(Br)c1. The number of benzene rings is 1. The summed E-state index contributed by atoms with van der Waals surface area (Å²) < 4.78 is 14.3. The zero-order valence-electron chi connectivity index (χ0n) is 9.28. The summed E-state index contributed by atoms with van der Waals surface area (Å²) in [6, 6.07) is 6.21. The minimum absolute atomic E-state index is 0.115. The van der Waals surface area contributed by atoms with E-state index in [9.17, 15) is 9.50 Å². The van der Waals surface area contributed by atoms with E-state index in [0.717, 1.165) is 4.47 Å². The van der Waals surface area contributed by atoms with E-state index in [1.165, 1.54) is 12.1 Å². The molecule has 0 aliphatic heterocycles. The van der Waals surface area contributed by atoms with E-state index in [-0.39, 0.29) is 6.42 Å². The Morgan fingerprint density at radius 1 is 1.39 bits per heavy atom. The average Bonchev–Trinajstić information content (AvgIpc) is 2.34. The van der Waals surface area contributed by atoms with Crippen LogP contribution in [-0.4, -0.2) is 10.1 Å². The molecule has 94 valence electrons. The minimum atomic E-state index is -0.843. The monoisotopic (exact) mass is 329 g/mol. The smallest absolute Gasteiger partial charge is 0.127 e. The molecule has 1 aromatic carbocycles. The standard InChI is InChI=1S/C13H10BrClFNO/c14-9-4-8(6-17-7-9)13(18)5-10-11(15)2-1-3-12(10)16/h1-4,6-7,13,18H,5H2. The second kappa shape index (κ2) is 5.78. The summed E-state index contributed by atoms with van der Waals surface area (Å²) in [4.78, 5) is 3.96. The molecule has 2 rings (SSSR count). The van der Waals surface area contributed by atoms with Crippen LogP contribution < -0.4 is 0 Å². The van der Waals surface area contributed by atoms with E-state index in [0.29, 0.717) is 16.1 Å². The average molecular weight is 331 g/mol. The van der Waals surface area contributed by atoms with Crippen molar-refractivity contribution in [2.24, 2.45) is 0 Å².